The van der Waals surface area contributed by atoms with Gasteiger partial charge in [0.25, 0.3) is 0 Å². The largest absolute Gasteiger partial charge is 0.476 e. The van der Waals surface area contributed by atoms with Crippen LogP contribution in [0.5, 0.6) is 0 Å². The van der Waals surface area contributed by atoms with Crippen LogP contribution in [0.1, 0.15) is 16.2 Å². The number of aromatic nitrogens is 1. The van der Waals surface area contributed by atoms with Gasteiger partial charge in [-0.2, -0.15) is 0 Å². The first-order chi connectivity index (χ1) is 4.74. The third-order valence-corrected chi connectivity index (χ3v) is 1.38. The first kappa shape index (κ1) is 7.22. The van der Waals surface area contributed by atoms with Crippen molar-refractivity contribution in [2.75, 3.05) is 0 Å². The van der Waals surface area contributed by atoms with Crippen LogP contribution in [0.4, 0.5) is 0 Å². The van der Waals surface area contributed by atoms with Crippen molar-refractivity contribution in [3.63, 3.8) is 0 Å². The van der Waals surface area contributed by atoms with E-state index in [0.717, 1.165) is 0 Å². The first-order valence-electron chi connectivity index (χ1n) is 2.63. The Labute approximate surface area is 59.4 Å². The number of aromatic carboxylic acids is 1. The summed E-state index contributed by atoms with van der Waals surface area (Å²) in [6, 6.07) is 1.40. The van der Waals surface area contributed by atoms with E-state index in [4.69, 9.17) is 5.11 Å². The average molecular weight is 159 g/mol. The molecule has 1 aromatic heterocycles. The van der Waals surface area contributed by atoms with Crippen molar-refractivity contribution in [2.45, 2.75) is 6.16 Å². The summed E-state index contributed by atoms with van der Waals surface area (Å²) in [6.07, 6.45) is 0.584. The Morgan fingerprint density at radius 3 is 2.90 bits per heavy atom. The van der Waals surface area contributed by atoms with Crippen molar-refractivity contribution in [1.82, 2.24) is 5.16 Å². The van der Waals surface area contributed by atoms with Gasteiger partial charge in [-0.3, -0.25) is 0 Å². The van der Waals surface area contributed by atoms with Crippen LogP contribution in [0.2, 0.25) is 0 Å². The third-order valence-electron chi connectivity index (χ3n) is 0.979. The third kappa shape index (κ3) is 1.33. The molecule has 1 N–H and O–H groups in total. The van der Waals surface area contributed by atoms with Gasteiger partial charge in [0.2, 0.25) is 0 Å². The molecule has 1 unspecified atom stereocenters. The lowest BCUT2D eigenvalue weighted by Gasteiger charge is -1.77. The van der Waals surface area contributed by atoms with Crippen LogP contribution in [0.25, 0.3) is 0 Å². The molecule has 4 nitrogen and oxygen atoms in total. The second-order valence-corrected chi connectivity index (χ2v) is 2.10. The Bertz CT molecular complexity index is 245. The maximum atomic E-state index is 10.2. The molecule has 5 heteroatoms. The summed E-state index contributed by atoms with van der Waals surface area (Å²) >= 11 is 0. The van der Waals surface area contributed by atoms with Crippen molar-refractivity contribution in [3.05, 3.63) is 17.5 Å². The van der Waals surface area contributed by atoms with Crippen LogP contribution in [0.15, 0.2) is 10.6 Å². The molecule has 1 heterocycles. The monoisotopic (exact) mass is 159 g/mol. The molecule has 1 aromatic rings. The predicted molar refractivity (Wildman–Crippen MR) is 36.9 cm³/mol. The van der Waals surface area contributed by atoms with E-state index < -0.39 is 5.97 Å². The van der Waals surface area contributed by atoms with E-state index in [9.17, 15) is 4.79 Å². The molecule has 0 aliphatic heterocycles. The van der Waals surface area contributed by atoms with Gasteiger partial charge in [0.15, 0.2) is 5.69 Å². The molecule has 10 heavy (non-hydrogen) atoms. The van der Waals surface area contributed by atoms with Crippen LogP contribution in [0.3, 0.4) is 0 Å². The van der Waals surface area contributed by atoms with Gasteiger partial charge in [-0.25, -0.2) is 4.79 Å². The molecule has 1 atom stereocenters. The predicted octanol–water partition coefficient (Wildman–Crippen LogP) is 0.748. The van der Waals surface area contributed by atoms with E-state index in [0.29, 0.717) is 11.9 Å². The van der Waals surface area contributed by atoms with Crippen LogP contribution >= 0.6 is 9.24 Å². The number of carboxylic acid groups (broad SMARTS) is 1. The molecule has 0 bridgehead atoms. The smallest absolute Gasteiger partial charge is 0.358 e. The lowest BCUT2D eigenvalue weighted by atomic mass is 10.4. The van der Waals surface area contributed by atoms with Crippen LogP contribution in [-0.4, -0.2) is 16.2 Å². The van der Waals surface area contributed by atoms with Crippen molar-refractivity contribution < 1.29 is 14.4 Å². The number of hydrogen-bond donors (Lipinski definition) is 1. The minimum Gasteiger partial charge on any atom is -0.476 e. The molecule has 0 radical (unpaired) electrons. The standard InChI is InChI=1S/C5H6NO3P/c7-5(8)4-1-3(2-10)9-6-4/h1H,2,10H2,(H,7,8). The van der Waals surface area contributed by atoms with Gasteiger partial charge in [0.1, 0.15) is 5.76 Å². The summed E-state index contributed by atoms with van der Waals surface area (Å²) < 4.78 is 4.62. The molecular weight excluding hydrogens is 153 g/mol. The summed E-state index contributed by atoms with van der Waals surface area (Å²) in [5, 5.41) is 11.7. The van der Waals surface area contributed by atoms with Gasteiger partial charge in [-0.15, -0.1) is 9.24 Å². The summed E-state index contributed by atoms with van der Waals surface area (Å²) in [4.78, 5) is 10.2. The Hall–Kier alpha value is -0.890. The first-order valence-corrected chi connectivity index (χ1v) is 3.44. The fraction of sp³-hybridized carbons (Fsp3) is 0.200. The van der Waals surface area contributed by atoms with E-state index in [1.54, 1.807) is 0 Å². The molecule has 0 aliphatic carbocycles. The highest BCUT2D eigenvalue weighted by atomic mass is 31.0. The van der Waals surface area contributed by atoms with E-state index in [1.807, 2.05) is 0 Å². The lowest BCUT2D eigenvalue weighted by Crippen LogP contribution is -1.94. The maximum absolute atomic E-state index is 10.2. The molecule has 0 aliphatic rings. The number of carboxylic acids is 1. The Kier molecular flexibility index (Phi) is 2.02. The van der Waals surface area contributed by atoms with E-state index >= 15 is 0 Å². The second kappa shape index (κ2) is 2.80. The summed E-state index contributed by atoms with van der Waals surface area (Å²) in [5.41, 5.74) is -0.0440. The Balaban J connectivity index is 2.88. The van der Waals surface area contributed by atoms with Gasteiger partial charge in [0.05, 0.1) is 0 Å². The molecule has 0 fully saturated rings. The Morgan fingerprint density at radius 2 is 2.60 bits per heavy atom. The fourth-order valence-corrected chi connectivity index (χ4v) is 0.702. The summed E-state index contributed by atoms with van der Waals surface area (Å²) in [5.74, 6) is -0.504. The van der Waals surface area contributed by atoms with Crippen molar-refractivity contribution in [1.29, 1.82) is 0 Å². The average Bonchev–Trinajstić information content (AvgIpc) is 2.34. The second-order valence-electron chi connectivity index (χ2n) is 1.69. The number of rotatable bonds is 2. The molecule has 0 aromatic carbocycles. The van der Waals surface area contributed by atoms with Crippen LogP contribution in [0, 0.1) is 0 Å². The molecule has 0 amide bonds. The van der Waals surface area contributed by atoms with E-state index in [2.05, 4.69) is 18.9 Å². The lowest BCUT2D eigenvalue weighted by molar-refractivity contribution is 0.0685. The number of hydrogen-bond acceptors (Lipinski definition) is 3. The quantitative estimate of drug-likeness (QED) is 0.646. The highest BCUT2D eigenvalue weighted by molar-refractivity contribution is 7.15. The Morgan fingerprint density at radius 1 is 1.90 bits per heavy atom. The molecule has 0 spiro atoms. The van der Waals surface area contributed by atoms with Gasteiger partial charge >= 0.3 is 5.97 Å². The minimum atomic E-state index is -1.06. The molecule has 0 saturated heterocycles. The minimum absolute atomic E-state index is 0.0440. The molecule has 54 valence electrons. The van der Waals surface area contributed by atoms with E-state index in [1.165, 1.54) is 6.07 Å². The SMILES string of the molecule is O=C(O)c1cc(CP)on1. The fourth-order valence-electron chi connectivity index (χ4n) is 0.510. The topological polar surface area (TPSA) is 63.3 Å². The number of carbonyl (C=O) groups is 1. The number of nitrogens with zero attached hydrogens (tertiary/aromatic N) is 1. The summed E-state index contributed by atoms with van der Waals surface area (Å²) in [6.45, 7) is 0. The van der Waals surface area contributed by atoms with Crippen molar-refractivity contribution in [3.8, 4) is 0 Å². The normalized spacial score (nSPS) is 9.70. The maximum Gasteiger partial charge on any atom is 0.358 e. The van der Waals surface area contributed by atoms with Gasteiger partial charge in [-0.1, -0.05) is 5.16 Å². The van der Waals surface area contributed by atoms with Gasteiger partial charge in [-0.05, 0) is 0 Å². The molecule has 0 saturated carbocycles. The van der Waals surface area contributed by atoms with E-state index in [-0.39, 0.29) is 5.69 Å². The van der Waals surface area contributed by atoms with Gasteiger partial charge < -0.3 is 9.63 Å². The zero-order valence-electron chi connectivity index (χ0n) is 5.07. The van der Waals surface area contributed by atoms with Crippen molar-refractivity contribution in [2.24, 2.45) is 0 Å². The summed E-state index contributed by atoms with van der Waals surface area (Å²) in [7, 11) is 2.41. The molecular formula is C5H6NO3P. The highest BCUT2D eigenvalue weighted by Gasteiger charge is 2.08. The highest BCUT2D eigenvalue weighted by Crippen LogP contribution is 2.06. The van der Waals surface area contributed by atoms with Crippen LogP contribution in [-0.2, 0) is 6.16 Å². The molecule has 1 rings (SSSR count). The van der Waals surface area contributed by atoms with Crippen molar-refractivity contribution >= 4 is 15.2 Å². The van der Waals surface area contributed by atoms with Crippen LogP contribution < -0.4 is 0 Å². The van der Waals surface area contributed by atoms with Gasteiger partial charge in [0, 0.05) is 12.2 Å². The zero-order chi connectivity index (χ0) is 7.56. The zero-order valence-corrected chi connectivity index (χ0v) is 6.23.